The molecule has 254 valence electrons. The molecule has 0 N–H and O–H groups in total. The lowest BCUT2D eigenvalue weighted by atomic mass is 9.93. The van der Waals surface area contributed by atoms with Crippen LogP contribution in [0.2, 0.25) is 0 Å². The van der Waals surface area contributed by atoms with Crippen LogP contribution in [-0.4, -0.2) is 4.98 Å². The predicted octanol–water partition coefficient (Wildman–Crippen LogP) is 14.1. The number of fused-ring (bicyclic) bond motifs is 7. The quantitative estimate of drug-likeness (QED) is 0.173. The Balaban J connectivity index is 1.13. The molecule has 8 aromatic carbocycles. The Morgan fingerprint density at radius 1 is 0.370 bits per heavy atom. The molecule has 0 aliphatic carbocycles. The number of rotatable bonds is 6. The lowest BCUT2D eigenvalue weighted by molar-refractivity contribution is 0.620. The van der Waals surface area contributed by atoms with Crippen LogP contribution in [0, 0.1) is 0 Å². The molecule has 11 rings (SSSR count). The van der Waals surface area contributed by atoms with Crippen molar-refractivity contribution >= 4 is 72.0 Å². The van der Waals surface area contributed by atoms with E-state index < -0.39 is 0 Å². The van der Waals surface area contributed by atoms with Gasteiger partial charge in [0.05, 0.1) is 11.1 Å². The van der Waals surface area contributed by atoms with Gasteiger partial charge in [0.1, 0.15) is 27.8 Å². The summed E-state index contributed by atoms with van der Waals surface area (Å²) in [5.41, 5.74) is 13.2. The third-order valence-corrected chi connectivity index (χ3v) is 10.3. The summed E-state index contributed by atoms with van der Waals surface area (Å²) in [6.45, 7) is 0. The number of nitrogens with zero attached hydrogens (tertiary/aromatic N) is 2. The van der Waals surface area contributed by atoms with E-state index in [2.05, 4.69) is 126 Å². The first-order valence-corrected chi connectivity index (χ1v) is 18.0. The zero-order valence-electron chi connectivity index (χ0n) is 28.9. The molecule has 0 saturated carbocycles. The van der Waals surface area contributed by atoms with Gasteiger partial charge in [-0.1, -0.05) is 109 Å². The van der Waals surface area contributed by atoms with E-state index in [0.29, 0.717) is 5.89 Å². The summed E-state index contributed by atoms with van der Waals surface area (Å²) < 4.78 is 19.3. The molecule has 54 heavy (non-hydrogen) atoms. The van der Waals surface area contributed by atoms with Crippen molar-refractivity contribution in [2.24, 2.45) is 0 Å². The van der Waals surface area contributed by atoms with Crippen molar-refractivity contribution in [1.29, 1.82) is 0 Å². The topological polar surface area (TPSA) is 55.6 Å². The maximum atomic E-state index is 6.62. The van der Waals surface area contributed by atoms with E-state index in [1.165, 1.54) is 5.56 Å². The van der Waals surface area contributed by atoms with Gasteiger partial charge in [0.25, 0.3) is 0 Å². The minimum absolute atomic E-state index is 0.592. The number of aromatic nitrogens is 1. The Morgan fingerprint density at radius 3 is 1.80 bits per heavy atom. The van der Waals surface area contributed by atoms with Crippen LogP contribution in [0.1, 0.15) is 0 Å². The van der Waals surface area contributed by atoms with Crippen molar-refractivity contribution in [2.45, 2.75) is 0 Å². The second-order valence-corrected chi connectivity index (χ2v) is 13.5. The summed E-state index contributed by atoms with van der Waals surface area (Å²) in [7, 11) is 0. The summed E-state index contributed by atoms with van der Waals surface area (Å²) in [6, 6.07) is 62.9. The summed E-state index contributed by atoms with van der Waals surface area (Å²) in [6.07, 6.45) is 0. The first-order chi connectivity index (χ1) is 26.7. The molecule has 0 spiro atoms. The van der Waals surface area contributed by atoms with Gasteiger partial charge in [0, 0.05) is 45.2 Å². The summed E-state index contributed by atoms with van der Waals surface area (Å²) >= 11 is 0. The fraction of sp³-hybridized carbons (Fsp3) is 0. The Bertz CT molecular complexity index is 3160. The molecular formula is C49H30N2O3. The van der Waals surface area contributed by atoms with E-state index >= 15 is 0 Å². The second kappa shape index (κ2) is 12.1. The minimum Gasteiger partial charge on any atom is -0.456 e. The molecule has 0 unspecified atom stereocenters. The van der Waals surface area contributed by atoms with Gasteiger partial charge >= 0.3 is 0 Å². The molecular weight excluding hydrogens is 665 g/mol. The molecule has 3 heterocycles. The van der Waals surface area contributed by atoms with Crippen LogP contribution in [0.4, 0.5) is 17.1 Å². The Labute approximate surface area is 309 Å². The molecule has 0 radical (unpaired) electrons. The first-order valence-electron chi connectivity index (χ1n) is 18.0. The first kappa shape index (κ1) is 30.3. The van der Waals surface area contributed by atoms with E-state index in [-0.39, 0.29) is 0 Å². The molecule has 5 nitrogen and oxygen atoms in total. The van der Waals surface area contributed by atoms with Gasteiger partial charge < -0.3 is 18.2 Å². The highest BCUT2D eigenvalue weighted by atomic mass is 16.4. The van der Waals surface area contributed by atoms with Crippen molar-refractivity contribution in [3.05, 3.63) is 182 Å². The number of oxazole rings is 1. The van der Waals surface area contributed by atoms with Gasteiger partial charge in [-0.15, -0.1) is 0 Å². The lowest BCUT2D eigenvalue weighted by Crippen LogP contribution is -2.10. The SMILES string of the molecule is c1ccc(-c2nc3cc4oc5cc(N(c6ccc(-c7ccccc7)c(-c7ccccc7)c6)c6cccc7oc8ccccc8c67)ccc5c4cc3o2)cc1. The molecule has 0 amide bonds. The van der Waals surface area contributed by atoms with E-state index in [1.54, 1.807) is 0 Å². The molecule has 0 atom stereocenters. The number of hydrogen-bond acceptors (Lipinski definition) is 5. The fourth-order valence-electron chi connectivity index (χ4n) is 7.80. The molecule has 0 aliphatic rings. The third kappa shape index (κ3) is 4.90. The third-order valence-electron chi connectivity index (χ3n) is 10.3. The van der Waals surface area contributed by atoms with Crippen molar-refractivity contribution < 1.29 is 13.3 Å². The summed E-state index contributed by atoms with van der Waals surface area (Å²) in [5.74, 6) is 0.592. The molecule has 11 aromatic rings. The smallest absolute Gasteiger partial charge is 0.227 e. The van der Waals surface area contributed by atoms with Crippen LogP contribution in [0.15, 0.2) is 195 Å². The normalized spacial score (nSPS) is 11.7. The number of furan rings is 2. The molecule has 5 heteroatoms. The van der Waals surface area contributed by atoms with Gasteiger partial charge in [-0.25, -0.2) is 4.98 Å². The molecule has 0 saturated heterocycles. The highest BCUT2D eigenvalue weighted by Gasteiger charge is 2.22. The Kier molecular flexibility index (Phi) is 6.79. The van der Waals surface area contributed by atoms with Gasteiger partial charge in [-0.05, 0) is 82.9 Å². The monoisotopic (exact) mass is 694 g/mol. The van der Waals surface area contributed by atoms with Crippen LogP contribution in [0.3, 0.4) is 0 Å². The van der Waals surface area contributed by atoms with E-state index in [1.807, 2.05) is 60.7 Å². The largest absolute Gasteiger partial charge is 0.456 e. The van der Waals surface area contributed by atoms with E-state index in [4.69, 9.17) is 18.2 Å². The van der Waals surface area contributed by atoms with Crippen molar-refractivity contribution in [3.8, 4) is 33.7 Å². The van der Waals surface area contributed by atoms with E-state index in [9.17, 15) is 0 Å². The minimum atomic E-state index is 0.592. The number of hydrogen-bond donors (Lipinski definition) is 0. The number of anilines is 3. The average Bonchev–Trinajstić information content (AvgIpc) is 3.94. The maximum absolute atomic E-state index is 6.62. The van der Waals surface area contributed by atoms with E-state index in [0.717, 1.165) is 94.3 Å². The fourth-order valence-corrected chi connectivity index (χ4v) is 7.80. The van der Waals surface area contributed by atoms with Crippen molar-refractivity contribution in [3.63, 3.8) is 0 Å². The summed E-state index contributed by atoms with van der Waals surface area (Å²) in [4.78, 5) is 7.11. The average molecular weight is 695 g/mol. The zero-order chi connectivity index (χ0) is 35.6. The summed E-state index contributed by atoms with van der Waals surface area (Å²) in [5, 5.41) is 4.09. The second-order valence-electron chi connectivity index (χ2n) is 13.5. The van der Waals surface area contributed by atoms with Gasteiger partial charge in [0.15, 0.2) is 5.58 Å². The molecule has 3 aromatic heterocycles. The van der Waals surface area contributed by atoms with Gasteiger partial charge in [-0.3, -0.25) is 0 Å². The predicted molar refractivity (Wildman–Crippen MR) is 220 cm³/mol. The van der Waals surface area contributed by atoms with Gasteiger partial charge in [-0.2, -0.15) is 0 Å². The van der Waals surface area contributed by atoms with Crippen molar-refractivity contribution in [2.75, 3.05) is 4.90 Å². The molecule has 0 bridgehead atoms. The van der Waals surface area contributed by atoms with Crippen LogP contribution in [0.25, 0.3) is 88.7 Å². The van der Waals surface area contributed by atoms with Crippen LogP contribution in [0.5, 0.6) is 0 Å². The standard InChI is InChI=1S/C49H30N2O3/c1-4-13-31(14-5-1)36-25-23-34(27-39(36)32-15-6-2-7-16-32)51(42-20-12-22-44-48(42)38-19-10-11-21-43(38)52-44)35-24-26-37-40-29-47-41(30-46(40)53-45(37)28-35)50-49(54-47)33-17-8-3-9-18-33/h1-30H. The molecule has 0 aliphatic heterocycles. The van der Waals surface area contributed by atoms with Crippen molar-refractivity contribution in [1.82, 2.24) is 4.98 Å². The van der Waals surface area contributed by atoms with Crippen LogP contribution < -0.4 is 4.90 Å². The highest BCUT2D eigenvalue weighted by Crippen LogP contribution is 2.46. The number of benzene rings is 8. The lowest BCUT2D eigenvalue weighted by Gasteiger charge is -2.27. The Hall–Kier alpha value is -7.37. The zero-order valence-corrected chi connectivity index (χ0v) is 28.9. The molecule has 0 fully saturated rings. The maximum Gasteiger partial charge on any atom is 0.227 e. The number of para-hydroxylation sites is 1. The van der Waals surface area contributed by atoms with Gasteiger partial charge in [0.2, 0.25) is 5.89 Å². The Morgan fingerprint density at radius 2 is 1.00 bits per heavy atom. The highest BCUT2D eigenvalue weighted by molar-refractivity contribution is 6.14. The van der Waals surface area contributed by atoms with Crippen LogP contribution in [-0.2, 0) is 0 Å². The van der Waals surface area contributed by atoms with Crippen LogP contribution >= 0.6 is 0 Å².